The van der Waals surface area contributed by atoms with E-state index in [0.717, 1.165) is 19.3 Å². The zero-order valence-corrected chi connectivity index (χ0v) is 17.7. The third kappa shape index (κ3) is 21.2. The van der Waals surface area contributed by atoms with E-state index < -0.39 is 21.6 Å². The Labute approximate surface area is 161 Å². The summed E-state index contributed by atoms with van der Waals surface area (Å²) >= 11 is -1.10. The number of hydrogen-bond acceptors (Lipinski definition) is 5. The maximum absolute atomic E-state index is 11.5. The van der Waals surface area contributed by atoms with Gasteiger partial charge in [0.25, 0.3) is 0 Å². The van der Waals surface area contributed by atoms with E-state index in [1.165, 1.54) is 44.9 Å². The Kier molecular flexibility index (Phi) is 19.7. The van der Waals surface area contributed by atoms with Crippen molar-refractivity contribution in [3.63, 3.8) is 0 Å². The van der Waals surface area contributed by atoms with Gasteiger partial charge in [-0.05, 0) is 12.8 Å². The first-order valence-electron chi connectivity index (χ1n) is 7.91. The quantitative estimate of drug-likeness (QED) is 0.136. The SMILES string of the molecule is CCCCCCCCCCCC[S+]([O-])CCOS(=O)(=O)[O-].[Na+]. The van der Waals surface area contributed by atoms with Crippen molar-refractivity contribution in [3.05, 3.63) is 0 Å². The monoisotopic (exact) mass is 364 g/mol. The van der Waals surface area contributed by atoms with Crippen molar-refractivity contribution >= 4 is 21.6 Å². The molecule has 0 fully saturated rings. The van der Waals surface area contributed by atoms with Gasteiger partial charge in [-0.3, -0.25) is 4.18 Å². The minimum absolute atomic E-state index is 0. The molecule has 0 rings (SSSR count). The number of rotatable bonds is 15. The number of hydrogen-bond donors (Lipinski definition) is 0. The first-order chi connectivity index (χ1) is 9.95. The first kappa shape index (κ1) is 25.4. The number of unbranched alkanes of at least 4 members (excludes halogenated alkanes) is 9. The normalized spacial score (nSPS) is 12.9. The largest absolute Gasteiger partial charge is 1.00 e. The fraction of sp³-hybridized carbons (Fsp3) is 1.00. The van der Waals surface area contributed by atoms with Crippen LogP contribution in [0.2, 0.25) is 0 Å². The van der Waals surface area contributed by atoms with E-state index >= 15 is 0 Å². The zero-order chi connectivity index (χ0) is 16.0. The molecule has 0 aliphatic rings. The van der Waals surface area contributed by atoms with Crippen LogP contribution in [-0.2, 0) is 25.8 Å². The van der Waals surface area contributed by atoms with E-state index in [-0.39, 0.29) is 41.9 Å². The predicted octanol–water partition coefficient (Wildman–Crippen LogP) is 0.137. The summed E-state index contributed by atoms with van der Waals surface area (Å²) in [5.74, 6) is 0.664. The second-order valence-corrected chi connectivity index (χ2v) is 8.01. The molecule has 128 valence electrons. The van der Waals surface area contributed by atoms with Crippen LogP contribution in [0.4, 0.5) is 0 Å². The summed E-state index contributed by atoms with van der Waals surface area (Å²) in [5, 5.41) is 0. The molecule has 0 aliphatic heterocycles. The van der Waals surface area contributed by atoms with Crippen molar-refractivity contribution in [1.82, 2.24) is 0 Å². The molecule has 0 aliphatic carbocycles. The average Bonchev–Trinajstić information content (AvgIpc) is 2.39. The fourth-order valence-electron chi connectivity index (χ4n) is 2.08. The topological polar surface area (TPSA) is 89.5 Å². The van der Waals surface area contributed by atoms with Gasteiger partial charge in [0.05, 0.1) is 0 Å². The molecule has 0 saturated heterocycles. The molecule has 0 saturated carbocycles. The van der Waals surface area contributed by atoms with Gasteiger partial charge in [0.15, 0.2) is 0 Å². The Hall–Kier alpha value is 1.18. The van der Waals surface area contributed by atoms with Crippen LogP contribution >= 0.6 is 0 Å². The molecule has 8 heteroatoms. The Morgan fingerprint density at radius 2 is 1.32 bits per heavy atom. The molecule has 22 heavy (non-hydrogen) atoms. The molecule has 0 N–H and O–H groups in total. The molecule has 5 nitrogen and oxygen atoms in total. The van der Waals surface area contributed by atoms with Crippen molar-refractivity contribution < 1.29 is 51.3 Å². The average molecular weight is 365 g/mol. The Morgan fingerprint density at radius 1 is 0.864 bits per heavy atom. The van der Waals surface area contributed by atoms with Crippen LogP contribution < -0.4 is 29.6 Å². The van der Waals surface area contributed by atoms with E-state index in [0.29, 0.717) is 5.75 Å². The van der Waals surface area contributed by atoms with Crippen molar-refractivity contribution in [1.29, 1.82) is 0 Å². The van der Waals surface area contributed by atoms with E-state index in [2.05, 4.69) is 11.1 Å². The van der Waals surface area contributed by atoms with Gasteiger partial charge in [0, 0.05) is 0 Å². The summed E-state index contributed by atoms with van der Waals surface area (Å²) in [5.41, 5.74) is 0. The van der Waals surface area contributed by atoms with Crippen LogP contribution in [0.3, 0.4) is 0 Å². The van der Waals surface area contributed by atoms with Crippen molar-refractivity contribution in [2.75, 3.05) is 18.1 Å². The van der Waals surface area contributed by atoms with E-state index in [9.17, 15) is 17.5 Å². The van der Waals surface area contributed by atoms with Gasteiger partial charge in [-0.2, -0.15) is 0 Å². The predicted molar refractivity (Wildman–Crippen MR) is 85.4 cm³/mol. The molecule has 1 unspecified atom stereocenters. The molecule has 0 aromatic heterocycles. The minimum atomic E-state index is -4.65. The summed E-state index contributed by atoms with van der Waals surface area (Å²) < 4.78 is 46.1. The Bertz CT molecular complexity index is 325. The molecule has 0 amide bonds. The molecular formula is C14H29NaO5S2. The molecule has 1 atom stereocenters. The van der Waals surface area contributed by atoms with E-state index in [1.54, 1.807) is 0 Å². The summed E-state index contributed by atoms with van der Waals surface area (Å²) in [7, 11) is -4.65. The minimum Gasteiger partial charge on any atom is -0.726 e. The summed E-state index contributed by atoms with van der Waals surface area (Å²) in [6.07, 6.45) is 12.2. The van der Waals surface area contributed by atoms with E-state index in [4.69, 9.17) is 0 Å². The van der Waals surface area contributed by atoms with Crippen LogP contribution in [0.15, 0.2) is 0 Å². The van der Waals surface area contributed by atoms with Gasteiger partial charge in [0.1, 0.15) is 18.1 Å². The third-order valence-electron chi connectivity index (χ3n) is 3.26. The van der Waals surface area contributed by atoms with Crippen LogP contribution in [0.25, 0.3) is 0 Å². The van der Waals surface area contributed by atoms with Crippen molar-refractivity contribution in [2.24, 2.45) is 0 Å². The summed E-state index contributed by atoms with van der Waals surface area (Å²) in [6, 6.07) is 0. The summed E-state index contributed by atoms with van der Waals surface area (Å²) in [6.45, 7) is 1.94. The third-order valence-corrected chi connectivity index (χ3v) is 5.09. The van der Waals surface area contributed by atoms with Crippen LogP contribution in [0.5, 0.6) is 0 Å². The second kappa shape index (κ2) is 17.0. The Morgan fingerprint density at radius 3 is 1.77 bits per heavy atom. The standard InChI is InChI=1S/C14H30O5S2.Na/c1-2-3-4-5-6-7-8-9-10-11-13-20(15)14-12-19-21(16,17)18;/h2-14H2,1H3,(H,16,17,18);/q;+1/p-1. The molecule has 0 aromatic rings. The molecule has 0 bridgehead atoms. The van der Waals surface area contributed by atoms with Crippen molar-refractivity contribution in [3.8, 4) is 0 Å². The maximum Gasteiger partial charge on any atom is 1.00 e. The van der Waals surface area contributed by atoms with Gasteiger partial charge >= 0.3 is 29.6 Å². The maximum atomic E-state index is 11.5. The first-order valence-corrected chi connectivity index (χ1v) is 10.7. The van der Waals surface area contributed by atoms with Gasteiger partial charge in [-0.1, -0.05) is 69.5 Å². The summed E-state index contributed by atoms with van der Waals surface area (Å²) in [4.78, 5) is 0. The van der Waals surface area contributed by atoms with Crippen LogP contribution in [0.1, 0.15) is 71.1 Å². The smallest absolute Gasteiger partial charge is 0.726 e. The molecule has 0 heterocycles. The van der Waals surface area contributed by atoms with Gasteiger partial charge in [-0.25, -0.2) is 8.42 Å². The molecule has 0 radical (unpaired) electrons. The fourth-order valence-corrected chi connectivity index (χ4v) is 3.47. The second-order valence-electron chi connectivity index (χ2n) is 5.26. The molecule has 0 spiro atoms. The van der Waals surface area contributed by atoms with Gasteiger partial charge < -0.3 is 9.11 Å². The van der Waals surface area contributed by atoms with Gasteiger partial charge in [0.2, 0.25) is 10.4 Å². The van der Waals surface area contributed by atoms with Crippen molar-refractivity contribution in [2.45, 2.75) is 71.1 Å². The molecular weight excluding hydrogens is 335 g/mol. The van der Waals surface area contributed by atoms with Crippen LogP contribution in [-0.4, -0.2) is 35.6 Å². The van der Waals surface area contributed by atoms with E-state index in [1.807, 2.05) is 0 Å². The zero-order valence-electron chi connectivity index (χ0n) is 14.1. The molecule has 0 aromatic carbocycles. The van der Waals surface area contributed by atoms with Gasteiger partial charge in [-0.15, -0.1) is 0 Å². The Balaban J connectivity index is 0. The van der Waals surface area contributed by atoms with Crippen LogP contribution in [0, 0.1) is 0 Å².